The molecule has 0 spiro atoms. The fourth-order valence-corrected chi connectivity index (χ4v) is 4.06. The highest BCUT2D eigenvalue weighted by molar-refractivity contribution is 5.90. The normalized spacial score (nSPS) is 21.2. The molecule has 1 fully saturated rings. The number of rotatable bonds is 5. The van der Waals surface area contributed by atoms with Crippen LogP contribution in [0, 0.1) is 25.7 Å². The van der Waals surface area contributed by atoms with E-state index < -0.39 is 30.2 Å². The van der Waals surface area contributed by atoms with Crippen LogP contribution in [0.25, 0.3) is 0 Å². The van der Waals surface area contributed by atoms with Crippen LogP contribution in [0.4, 0.5) is 23.7 Å². The number of hydrazine groups is 1. The zero-order chi connectivity index (χ0) is 24.1. The van der Waals surface area contributed by atoms with Gasteiger partial charge in [0, 0.05) is 18.8 Å². The van der Waals surface area contributed by atoms with Crippen molar-refractivity contribution in [2.75, 3.05) is 18.4 Å². The first-order chi connectivity index (χ1) is 14.9. The summed E-state index contributed by atoms with van der Waals surface area (Å²) in [6.45, 7) is 8.53. The van der Waals surface area contributed by atoms with E-state index in [-0.39, 0.29) is 5.92 Å². The number of carbonyl (C=O) groups is 2. The Morgan fingerprint density at radius 1 is 1.28 bits per heavy atom. The van der Waals surface area contributed by atoms with Crippen molar-refractivity contribution in [3.8, 4) is 0 Å². The van der Waals surface area contributed by atoms with Gasteiger partial charge in [-0.25, -0.2) is 10.6 Å². The van der Waals surface area contributed by atoms with E-state index in [1.807, 2.05) is 38.3 Å². The highest BCUT2D eigenvalue weighted by Gasteiger charge is 2.41. The standard InChI is InChI=1S/C22H33F3N4O3/c1-13-9-17(15(3)19(10-13)27-21(31)28-26)12-29-8-6-5-7-18(14(2)11-29)20(30)32-16(4)22(23,24)25/h9-10,14,16,18H,5-8,11-12,26H2,1-4H3,(H2,27,28,31)/t14-,16+,18?/m0/s1. The number of anilines is 1. The van der Waals surface area contributed by atoms with Crippen LogP contribution in [0.3, 0.4) is 0 Å². The number of halogens is 3. The number of likely N-dealkylation sites (tertiary alicyclic amines) is 1. The number of aryl methyl sites for hydroxylation is 1. The Morgan fingerprint density at radius 2 is 1.97 bits per heavy atom. The SMILES string of the molecule is Cc1cc(CN2CCCCC(C(=O)O[C@H](C)C(F)(F)F)[C@@H](C)C2)c(C)c(NC(=O)NN)c1. The molecule has 0 saturated carbocycles. The van der Waals surface area contributed by atoms with Gasteiger partial charge in [-0.1, -0.05) is 19.4 Å². The quantitative estimate of drug-likeness (QED) is 0.268. The molecule has 1 saturated heterocycles. The summed E-state index contributed by atoms with van der Waals surface area (Å²) in [7, 11) is 0. The number of amides is 2. The molecular weight excluding hydrogens is 425 g/mol. The van der Waals surface area contributed by atoms with Crippen molar-refractivity contribution in [1.29, 1.82) is 0 Å². The molecule has 1 aromatic rings. The molecule has 2 amide bonds. The maximum Gasteiger partial charge on any atom is 0.425 e. The zero-order valence-electron chi connectivity index (χ0n) is 19.0. The second-order valence-corrected chi connectivity index (χ2v) is 8.63. The topological polar surface area (TPSA) is 96.7 Å². The molecule has 10 heteroatoms. The van der Waals surface area contributed by atoms with Gasteiger partial charge >= 0.3 is 18.2 Å². The summed E-state index contributed by atoms with van der Waals surface area (Å²) in [4.78, 5) is 26.3. The maximum atomic E-state index is 12.8. The average molecular weight is 459 g/mol. The van der Waals surface area contributed by atoms with E-state index in [9.17, 15) is 22.8 Å². The van der Waals surface area contributed by atoms with Crippen molar-refractivity contribution in [3.63, 3.8) is 0 Å². The van der Waals surface area contributed by atoms with Crippen molar-refractivity contribution in [2.45, 2.75) is 65.8 Å². The number of nitrogens with one attached hydrogen (secondary N) is 2. The van der Waals surface area contributed by atoms with E-state index in [0.717, 1.165) is 43.0 Å². The predicted octanol–water partition coefficient (Wildman–Crippen LogP) is 4.03. The predicted molar refractivity (Wildman–Crippen MR) is 116 cm³/mol. The highest BCUT2D eigenvalue weighted by Crippen LogP contribution is 2.30. The third-order valence-electron chi connectivity index (χ3n) is 5.96. The van der Waals surface area contributed by atoms with E-state index in [2.05, 4.69) is 10.2 Å². The highest BCUT2D eigenvalue weighted by atomic mass is 19.4. The number of urea groups is 1. The lowest BCUT2D eigenvalue weighted by molar-refractivity contribution is -0.219. The molecule has 1 aliphatic rings. The van der Waals surface area contributed by atoms with Crippen LogP contribution in [-0.4, -0.2) is 42.3 Å². The molecule has 32 heavy (non-hydrogen) atoms. The van der Waals surface area contributed by atoms with Crippen LogP contribution in [0.5, 0.6) is 0 Å². The Bertz CT molecular complexity index is 816. The lowest BCUT2D eigenvalue weighted by Gasteiger charge is -2.33. The Kier molecular flexibility index (Phi) is 8.91. The van der Waals surface area contributed by atoms with Gasteiger partial charge in [0.15, 0.2) is 6.10 Å². The van der Waals surface area contributed by atoms with Crippen molar-refractivity contribution in [3.05, 3.63) is 28.8 Å². The molecule has 1 aromatic carbocycles. The van der Waals surface area contributed by atoms with Gasteiger partial charge < -0.3 is 10.1 Å². The zero-order valence-corrected chi connectivity index (χ0v) is 19.0. The van der Waals surface area contributed by atoms with Crippen molar-refractivity contribution >= 4 is 17.7 Å². The van der Waals surface area contributed by atoms with E-state index in [1.165, 1.54) is 0 Å². The van der Waals surface area contributed by atoms with E-state index >= 15 is 0 Å². The van der Waals surface area contributed by atoms with Gasteiger partial charge in [-0.2, -0.15) is 13.2 Å². The van der Waals surface area contributed by atoms with Crippen molar-refractivity contribution in [1.82, 2.24) is 10.3 Å². The van der Waals surface area contributed by atoms with Crippen LogP contribution in [0.15, 0.2) is 12.1 Å². The first-order valence-electron chi connectivity index (χ1n) is 10.8. The number of hydrogen-bond acceptors (Lipinski definition) is 5. The summed E-state index contributed by atoms with van der Waals surface area (Å²) in [5.41, 5.74) is 5.61. The van der Waals surface area contributed by atoms with Gasteiger partial charge in [-0.05, 0) is 68.8 Å². The Morgan fingerprint density at radius 3 is 2.59 bits per heavy atom. The number of hydrogen-bond donors (Lipinski definition) is 3. The molecule has 2 rings (SSSR count). The van der Waals surface area contributed by atoms with Crippen LogP contribution in [0.1, 0.15) is 49.8 Å². The first-order valence-corrected chi connectivity index (χ1v) is 10.8. The van der Waals surface area contributed by atoms with E-state index in [1.54, 1.807) is 0 Å². The summed E-state index contributed by atoms with van der Waals surface area (Å²) < 4.78 is 43.2. The lowest BCUT2D eigenvalue weighted by atomic mass is 9.87. The van der Waals surface area contributed by atoms with Crippen LogP contribution in [-0.2, 0) is 16.1 Å². The smallest absolute Gasteiger partial charge is 0.425 e. The summed E-state index contributed by atoms with van der Waals surface area (Å²) in [6, 6.07) is 3.39. The first kappa shape index (κ1) is 25.9. The lowest BCUT2D eigenvalue weighted by Crippen LogP contribution is -2.40. The largest absolute Gasteiger partial charge is 0.453 e. The summed E-state index contributed by atoms with van der Waals surface area (Å²) >= 11 is 0. The average Bonchev–Trinajstić information content (AvgIpc) is 2.68. The minimum Gasteiger partial charge on any atom is -0.453 e. The van der Waals surface area contributed by atoms with Crippen molar-refractivity contribution < 1.29 is 27.5 Å². The number of alkyl halides is 3. The summed E-state index contributed by atoms with van der Waals surface area (Å²) in [6.07, 6.45) is -4.60. The Hall–Kier alpha value is -2.33. The third kappa shape index (κ3) is 7.09. The number of carbonyl (C=O) groups excluding carboxylic acids is 2. The van der Waals surface area contributed by atoms with Crippen LogP contribution in [0.2, 0.25) is 0 Å². The molecule has 0 radical (unpaired) electrons. The minimum atomic E-state index is -4.57. The van der Waals surface area contributed by atoms with Gasteiger partial charge in [0.05, 0.1) is 5.92 Å². The van der Waals surface area contributed by atoms with Crippen LogP contribution >= 0.6 is 0 Å². The monoisotopic (exact) mass is 458 g/mol. The van der Waals surface area contributed by atoms with E-state index in [4.69, 9.17) is 10.6 Å². The molecule has 1 aliphatic heterocycles. The molecular formula is C22H33F3N4O3. The molecule has 180 valence electrons. The van der Waals surface area contributed by atoms with Gasteiger partial charge in [0.2, 0.25) is 0 Å². The molecule has 1 heterocycles. The molecule has 0 aliphatic carbocycles. The molecule has 0 bridgehead atoms. The van der Waals surface area contributed by atoms with Crippen molar-refractivity contribution in [2.24, 2.45) is 17.7 Å². The molecule has 1 unspecified atom stereocenters. The van der Waals surface area contributed by atoms with Gasteiger partial charge in [-0.15, -0.1) is 0 Å². The number of nitrogens with two attached hydrogens (primary N) is 1. The Balaban J connectivity index is 2.13. The number of esters is 1. The van der Waals surface area contributed by atoms with Gasteiger partial charge in [0.1, 0.15) is 0 Å². The van der Waals surface area contributed by atoms with E-state index in [0.29, 0.717) is 25.2 Å². The number of benzene rings is 1. The molecule has 0 aromatic heterocycles. The summed E-state index contributed by atoms with van der Waals surface area (Å²) in [5, 5.41) is 2.72. The molecule has 3 atom stereocenters. The van der Waals surface area contributed by atoms with Gasteiger partial charge in [0.25, 0.3) is 0 Å². The fraction of sp³-hybridized carbons (Fsp3) is 0.636. The maximum absolute atomic E-state index is 12.8. The minimum absolute atomic E-state index is 0.158. The van der Waals surface area contributed by atoms with Crippen LogP contribution < -0.4 is 16.6 Å². The fourth-order valence-electron chi connectivity index (χ4n) is 4.06. The molecule has 7 nitrogen and oxygen atoms in total. The second kappa shape index (κ2) is 11.0. The molecule has 4 N–H and O–H groups in total. The number of nitrogens with zero attached hydrogens (tertiary/aromatic N) is 1. The Labute approximate surface area is 186 Å². The summed E-state index contributed by atoms with van der Waals surface area (Å²) in [5.74, 6) is 3.65. The number of ether oxygens (including phenoxy) is 1. The third-order valence-corrected chi connectivity index (χ3v) is 5.96. The van der Waals surface area contributed by atoms with Gasteiger partial charge in [-0.3, -0.25) is 15.1 Å². The second-order valence-electron chi connectivity index (χ2n) is 8.63.